The number of carbonyl (C=O) groups is 2. The molecule has 0 aromatic rings. The first kappa shape index (κ1) is 12.2. The van der Waals surface area contributed by atoms with E-state index in [2.05, 4.69) is 0 Å². The summed E-state index contributed by atoms with van der Waals surface area (Å²) in [5, 5.41) is 0. The molecule has 3 nitrogen and oxygen atoms in total. The highest BCUT2D eigenvalue weighted by molar-refractivity contribution is 5.98. The average Bonchev–Trinajstić information content (AvgIpc) is 2.19. The highest BCUT2D eigenvalue weighted by Gasteiger charge is 2.33. The summed E-state index contributed by atoms with van der Waals surface area (Å²) in [4.78, 5) is 23.1. The van der Waals surface area contributed by atoms with Gasteiger partial charge in [0.25, 0.3) is 0 Å². The summed E-state index contributed by atoms with van der Waals surface area (Å²) < 4.78 is 4.96. The molecule has 1 saturated carbocycles. The third kappa shape index (κ3) is 3.33. The maximum atomic E-state index is 11.6. The van der Waals surface area contributed by atoms with Crippen molar-refractivity contribution in [1.82, 2.24) is 0 Å². The molecule has 1 aliphatic carbocycles. The molecule has 1 atom stereocenters. The predicted molar refractivity (Wildman–Crippen MR) is 57.4 cm³/mol. The van der Waals surface area contributed by atoms with Crippen molar-refractivity contribution in [1.29, 1.82) is 0 Å². The lowest BCUT2D eigenvalue weighted by Gasteiger charge is -2.26. The van der Waals surface area contributed by atoms with Crippen molar-refractivity contribution >= 4 is 11.8 Å². The quantitative estimate of drug-likeness (QED) is 0.530. The van der Waals surface area contributed by atoms with E-state index in [4.69, 9.17) is 4.74 Å². The number of ether oxygens (including phenoxy) is 1. The molecule has 0 bridgehead atoms. The van der Waals surface area contributed by atoms with E-state index < -0.39 is 5.92 Å². The first-order valence-electron chi connectivity index (χ1n) is 5.84. The Balaban J connectivity index is 2.63. The normalized spacial score (nSPS) is 19.6. The Morgan fingerprint density at radius 2 is 1.87 bits per heavy atom. The molecule has 1 unspecified atom stereocenters. The lowest BCUT2D eigenvalue weighted by atomic mass is 9.78. The van der Waals surface area contributed by atoms with Gasteiger partial charge < -0.3 is 4.74 Å². The van der Waals surface area contributed by atoms with Crippen LogP contribution in [0.3, 0.4) is 0 Å². The van der Waals surface area contributed by atoms with Gasteiger partial charge in [-0.2, -0.15) is 0 Å². The van der Waals surface area contributed by atoms with Crippen LogP contribution in [0.25, 0.3) is 0 Å². The molecule has 1 fully saturated rings. The molecular weight excluding hydrogens is 192 g/mol. The molecule has 0 radical (unpaired) electrons. The molecule has 15 heavy (non-hydrogen) atoms. The van der Waals surface area contributed by atoms with Crippen LogP contribution >= 0.6 is 0 Å². The van der Waals surface area contributed by atoms with Gasteiger partial charge in [-0.25, -0.2) is 0 Å². The Morgan fingerprint density at radius 3 is 2.33 bits per heavy atom. The van der Waals surface area contributed by atoms with E-state index in [0.717, 1.165) is 25.7 Å². The smallest absolute Gasteiger partial charge is 0.316 e. The van der Waals surface area contributed by atoms with Gasteiger partial charge in [0.15, 0.2) is 0 Å². The first-order valence-corrected chi connectivity index (χ1v) is 5.84. The van der Waals surface area contributed by atoms with Crippen molar-refractivity contribution in [3.63, 3.8) is 0 Å². The van der Waals surface area contributed by atoms with Crippen LogP contribution in [0.4, 0.5) is 0 Å². The number of ketones is 1. The minimum absolute atomic E-state index is 0.0413. The number of carbonyl (C=O) groups excluding carboxylic acids is 2. The second-order valence-electron chi connectivity index (χ2n) is 4.24. The lowest BCUT2D eigenvalue weighted by molar-refractivity contribution is -0.154. The van der Waals surface area contributed by atoms with Gasteiger partial charge in [0.2, 0.25) is 0 Å². The summed E-state index contributed by atoms with van der Waals surface area (Å²) in [5.41, 5.74) is 0. The van der Waals surface area contributed by atoms with Gasteiger partial charge >= 0.3 is 5.97 Å². The summed E-state index contributed by atoms with van der Waals surface area (Å²) >= 11 is 0. The van der Waals surface area contributed by atoms with Crippen LogP contribution in [0.15, 0.2) is 0 Å². The van der Waals surface area contributed by atoms with Crippen LogP contribution in [0.5, 0.6) is 0 Å². The van der Waals surface area contributed by atoms with E-state index in [1.165, 1.54) is 13.3 Å². The van der Waals surface area contributed by atoms with Crippen LogP contribution in [0.1, 0.15) is 46.0 Å². The van der Waals surface area contributed by atoms with Crippen LogP contribution in [-0.2, 0) is 14.3 Å². The predicted octanol–water partition coefficient (Wildman–Crippen LogP) is 2.33. The summed E-state index contributed by atoms with van der Waals surface area (Å²) in [6.07, 6.45) is 5.47. The first-order chi connectivity index (χ1) is 7.16. The van der Waals surface area contributed by atoms with Gasteiger partial charge in [0.1, 0.15) is 11.7 Å². The average molecular weight is 212 g/mol. The molecule has 0 N–H and O–H groups in total. The van der Waals surface area contributed by atoms with E-state index in [9.17, 15) is 9.59 Å². The highest BCUT2D eigenvalue weighted by Crippen LogP contribution is 2.31. The van der Waals surface area contributed by atoms with Crippen LogP contribution in [0, 0.1) is 11.8 Å². The molecule has 0 aromatic heterocycles. The molecule has 0 aromatic carbocycles. The van der Waals surface area contributed by atoms with Crippen molar-refractivity contribution in [2.75, 3.05) is 6.61 Å². The van der Waals surface area contributed by atoms with Gasteiger partial charge in [-0.15, -0.1) is 0 Å². The van der Waals surface area contributed by atoms with Gasteiger partial charge in [0.05, 0.1) is 6.61 Å². The second-order valence-corrected chi connectivity index (χ2v) is 4.24. The Hall–Kier alpha value is -0.860. The number of rotatable bonds is 4. The van der Waals surface area contributed by atoms with Crippen LogP contribution in [-0.4, -0.2) is 18.4 Å². The summed E-state index contributed by atoms with van der Waals surface area (Å²) in [5.74, 6) is -0.655. The van der Waals surface area contributed by atoms with Crippen LogP contribution in [0.2, 0.25) is 0 Å². The van der Waals surface area contributed by atoms with Gasteiger partial charge in [0, 0.05) is 0 Å². The highest BCUT2D eigenvalue weighted by atomic mass is 16.5. The van der Waals surface area contributed by atoms with E-state index in [0.29, 0.717) is 6.61 Å². The molecule has 0 saturated heterocycles. The van der Waals surface area contributed by atoms with E-state index in [-0.39, 0.29) is 17.7 Å². The van der Waals surface area contributed by atoms with E-state index >= 15 is 0 Å². The van der Waals surface area contributed by atoms with Crippen LogP contribution < -0.4 is 0 Å². The van der Waals surface area contributed by atoms with E-state index in [1.54, 1.807) is 6.92 Å². The Labute approximate surface area is 91.2 Å². The topological polar surface area (TPSA) is 43.4 Å². The van der Waals surface area contributed by atoms with Crippen molar-refractivity contribution in [2.24, 2.45) is 11.8 Å². The van der Waals surface area contributed by atoms with Gasteiger partial charge in [-0.3, -0.25) is 9.59 Å². The molecule has 0 spiro atoms. The molecule has 0 aliphatic heterocycles. The molecule has 86 valence electrons. The largest absolute Gasteiger partial charge is 0.465 e. The lowest BCUT2D eigenvalue weighted by Crippen LogP contribution is -2.32. The van der Waals surface area contributed by atoms with Gasteiger partial charge in [-0.1, -0.05) is 19.3 Å². The Morgan fingerprint density at radius 1 is 1.27 bits per heavy atom. The zero-order valence-electron chi connectivity index (χ0n) is 9.62. The minimum atomic E-state index is -0.509. The molecule has 1 aliphatic rings. The monoisotopic (exact) mass is 212 g/mol. The van der Waals surface area contributed by atoms with Crippen molar-refractivity contribution in [2.45, 2.75) is 46.0 Å². The summed E-state index contributed by atoms with van der Waals surface area (Å²) in [7, 11) is 0. The fourth-order valence-electron chi connectivity index (χ4n) is 2.39. The summed E-state index contributed by atoms with van der Waals surface area (Å²) in [6.45, 7) is 3.63. The Bertz CT molecular complexity index is 229. The maximum Gasteiger partial charge on any atom is 0.316 e. The standard InChI is InChI=1S/C12H20O3/c1-3-15-12(14)11(9(2)13)10-7-5-4-6-8-10/h10-11H,3-8H2,1-2H3. The maximum absolute atomic E-state index is 11.6. The van der Waals surface area contributed by atoms with Crippen molar-refractivity contribution < 1.29 is 14.3 Å². The molecular formula is C12H20O3. The number of Topliss-reactive ketones (excluding diaryl/α,β-unsaturated/α-hetero) is 1. The third-order valence-electron chi connectivity index (χ3n) is 3.10. The van der Waals surface area contributed by atoms with Crippen molar-refractivity contribution in [3.8, 4) is 0 Å². The summed E-state index contributed by atoms with van der Waals surface area (Å²) in [6, 6.07) is 0. The second kappa shape index (κ2) is 5.89. The molecule has 0 amide bonds. The number of esters is 1. The molecule has 0 heterocycles. The Kier molecular flexibility index (Phi) is 4.79. The van der Waals surface area contributed by atoms with Gasteiger partial charge in [-0.05, 0) is 32.6 Å². The minimum Gasteiger partial charge on any atom is -0.465 e. The zero-order valence-corrected chi connectivity index (χ0v) is 9.62. The van der Waals surface area contributed by atoms with E-state index in [1.807, 2.05) is 0 Å². The molecule has 1 rings (SSSR count). The zero-order chi connectivity index (χ0) is 11.3. The third-order valence-corrected chi connectivity index (χ3v) is 3.10. The SMILES string of the molecule is CCOC(=O)C(C(C)=O)C1CCCCC1. The molecule has 3 heteroatoms. The number of hydrogen-bond donors (Lipinski definition) is 0. The van der Waals surface area contributed by atoms with Crippen molar-refractivity contribution in [3.05, 3.63) is 0 Å². The fraction of sp³-hybridized carbons (Fsp3) is 0.833. The number of hydrogen-bond acceptors (Lipinski definition) is 3. The fourth-order valence-corrected chi connectivity index (χ4v) is 2.39.